The number of carbonyl (C=O) groups excluding carboxylic acids is 1. The number of urea groups is 1. The topological polar surface area (TPSA) is 53.6 Å². The lowest BCUT2D eigenvalue weighted by atomic mass is 10.2. The molecule has 5 nitrogen and oxygen atoms in total. The number of nitrogens with one attached hydrogen (secondary N) is 2. The van der Waals surface area contributed by atoms with Crippen molar-refractivity contribution in [2.45, 2.75) is 23.3 Å². The predicted molar refractivity (Wildman–Crippen MR) is 107 cm³/mol. The third-order valence-electron chi connectivity index (χ3n) is 4.31. The van der Waals surface area contributed by atoms with E-state index in [0.29, 0.717) is 42.0 Å². The summed E-state index contributed by atoms with van der Waals surface area (Å²) in [6.07, 6.45) is -0.117. The maximum absolute atomic E-state index is 12.6. The second-order valence-corrected chi connectivity index (χ2v) is 7.46. The predicted octanol–water partition coefficient (Wildman–Crippen LogP) is 4.02. The van der Waals surface area contributed by atoms with E-state index in [2.05, 4.69) is 27.7 Å². The lowest BCUT2D eigenvalue weighted by molar-refractivity contribution is -0.0285. The summed E-state index contributed by atoms with van der Waals surface area (Å²) >= 11 is 0.407. The number of rotatable bonds is 7. The molecule has 0 aliphatic carbocycles. The minimum atomic E-state index is -2.54. The van der Waals surface area contributed by atoms with Crippen LogP contribution in [0.4, 0.5) is 19.3 Å². The summed E-state index contributed by atoms with van der Waals surface area (Å²) in [7, 11) is 0. The molecule has 2 N–H and O–H groups in total. The molecule has 1 aliphatic heterocycles. The van der Waals surface area contributed by atoms with Crippen molar-refractivity contribution in [2.24, 2.45) is 0 Å². The Morgan fingerprint density at radius 2 is 1.93 bits per heavy atom. The van der Waals surface area contributed by atoms with Gasteiger partial charge in [0, 0.05) is 31.1 Å². The number of nitrogens with zero attached hydrogens (tertiary/aromatic N) is 1. The summed E-state index contributed by atoms with van der Waals surface area (Å²) in [5.74, 6) is -2.54. The molecule has 1 unspecified atom stereocenters. The highest BCUT2D eigenvalue weighted by molar-refractivity contribution is 7.99. The first-order valence-electron chi connectivity index (χ1n) is 9.07. The van der Waals surface area contributed by atoms with Crippen molar-refractivity contribution in [2.75, 3.05) is 31.6 Å². The fourth-order valence-corrected chi connectivity index (χ4v) is 3.63. The Bertz CT molecular complexity index is 764. The monoisotopic (exact) mass is 407 g/mol. The molecule has 28 heavy (non-hydrogen) atoms. The number of thioether (sulfide) groups is 1. The van der Waals surface area contributed by atoms with E-state index >= 15 is 0 Å². The zero-order valence-electron chi connectivity index (χ0n) is 15.3. The number of hydrogen-bond donors (Lipinski definition) is 2. The molecule has 150 valence electrons. The van der Waals surface area contributed by atoms with E-state index < -0.39 is 11.8 Å². The number of ether oxygens (including phenoxy) is 1. The first-order valence-corrected chi connectivity index (χ1v) is 9.94. The van der Waals surface area contributed by atoms with E-state index in [4.69, 9.17) is 4.74 Å². The van der Waals surface area contributed by atoms with Gasteiger partial charge in [-0.1, -0.05) is 54.2 Å². The number of hydrogen-bond acceptors (Lipinski definition) is 4. The van der Waals surface area contributed by atoms with E-state index in [1.807, 2.05) is 18.2 Å². The average Bonchev–Trinajstić information content (AvgIpc) is 2.69. The normalized spacial score (nSPS) is 17.5. The summed E-state index contributed by atoms with van der Waals surface area (Å²) in [4.78, 5) is 14.8. The highest BCUT2D eigenvalue weighted by atomic mass is 32.2. The molecule has 0 aromatic heterocycles. The number of alkyl halides is 2. The van der Waals surface area contributed by atoms with Gasteiger partial charge in [0.1, 0.15) is 0 Å². The minimum absolute atomic E-state index is 0.117. The maximum atomic E-state index is 12.6. The molecule has 0 radical (unpaired) electrons. The molecule has 3 rings (SSSR count). The summed E-state index contributed by atoms with van der Waals surface area (Å²) < 4.78 is 31.0. The number of carbonyl (C=O) groups is 1. The standard InChI is InChI=1S/C20H23F2N3O2S/c21-19(22)28-18-9-5-4-8-17(18)24-20(26)23-12-16-14-25(10-11-27-16)13-15-6-2-1-3-7-15/h1-9,16,19H,10-14H2,(H2,23,24,26). The van der Waals surface area contributed by atoms with E-state index in [9.17, 15) is 13.6 Å². The molecule has 1 fully saturated rings. The van der Waals surface area contributed by atoms with Crippen LogP contribution in [0, 0.1) is 0 Å². The third-order valence-corrected chi connectivity index (χ3v) is 5.10. The molecule has 2 aromatic rings. The SMILES string of the molecule is O=C(NCC1CN(Cc2ccccc2)CCO1)Nc1ccccc1SC(F)F. The van der Waals surface area contributed by atoms with Gasteiger partial charge in [0.2, 0.25) is 0 Å². The van der Waals surface area contributed by atoms with Crippen LogP contribution >= 0.6 is 11.8 Å². The van der Waals surface area contributed by atoms with Crippen LogP contribution in [-0.4, -0.2) is 49.0 Å². The summed E-state index contributed by atoms with van der Waals surface area (Å²) in [6.45, 7) is 3.35. The molecular weight excluding hydrogens is 384 g/mol. The van der Waals surface area contributed by atoms with Crippen molar-refractivity contribution < 1.29 is 18.3 Å². The van der Waals surface area contributed by atoms with Crippen LogP contribution in [0.1, 0.15) is 5.56 Å². The Labute approximate surface area is 167 Å². The second-order valence-electron chi connectivity index (χ2n) is 6.42. The Morgan fingerprint density at radius 1 is 1.18 bits per heavy atom. The largest absolute Gasteiger partial charge is 0.374 e. The maximum Gasteiger partial charge on any atom is 0.319 e. The van der Waals surface area contributed by atoms with Crippen molar-refractivity contribution >= 4 is 23.5 Å². The Balaban J connectivity index is 1.47. The van der Waals surface area contributed by atoms with Crippen molar-refractivity contribution in [3.8, 4) is 0 Å². The minimum Gasteiger partial charge on any atom is -0.374 e. The van der Waals surface area contributed by atoms with Crippen molar-refractivity contribution in [3.63, 3.8) is 0 Å². The Kier molecular flexibility index (Phi) is 7.64. The van der Waals surface area contributed by atoms with Gasteiger partial charge in [-0.2, -0.15) is 8.78 Å². The van der Waals surface area contributed by atoms with Gasteiger partial charge in [-0.3, -0.25) is 4.90 Å². The van der Waals surface area contributed by atoms with Gasteiger partial charge >= 0.3 is 6.03 Å². The second kappa shape index (κ2) is 10.4. The molecule has 8 heteroatoms. The molecule has 0 saturated carbocycles. The van der Waals surface area contributed by atoms with Crippen molar-refractivity contribution in [3.05, 3.63) is 60.2 Å². The van der Waals surface area contributed by atoms with Crippen LogP contribution in [0.5, 0.6) is 0 Å². The van der Waals surface area contributed by atoms with Crippen LogP contribution in [0.25, 0.3) is 0 Å². The van der Waals surface area contributed by atoms with Gasteiger partial charge in [-0.05, 0) is 17.7 Å². The van der Waals surface area contributed by atoms with Crippen LogP contribution < -0.4 is 10.6 Å². The fraction of sp³-hybridized carbons (Fsp3) is 0.350. The first kappa shape index (κ1) is 20.6. The van der Waals surface area contributed by atoms with Crippen LogP contribution in [0.15, 0.2) is 59.5 Å². The molecule has 2 amide bonds. The highest BCUT2D eigenvalue weighted by Crippen LogP contribution is 2.31. The first-order chi connectivity index (χ1) is 13.6. The fourth-order valence-electron chi connectivity index (χ4n) is 3.03. The van der Waals surface area contributed by atoms with E-state index in [0.717, 1.165) is 13.1 Å². The van der Waals surface area contributed by atoms with E-state index in [-0.39, 0.29) is 6.10 Å². The summed E-state index contributed by atoms with van der Waals surface area (Å²) in [6, 6.07) is 16.3. The number of anilines is 1. The van der Waals surface area contributed by atoms with Gasteiger partial charge in [0.15, 0.2) is 0 Å². The van der Waals surface area contributed by atoms with Crippen LogP contribution in [0.3, 0.4) is 0 Å². The van der Waals surface area contributed by atoms with Crippen LogP contribution in [0.2, 0.25) is 0 Å². The van der Waals surface area contributed by atoms with Crippen LogP contribution in [-0.2, 0) is 11.3 Å². The molecule has 1 aliphatic rings. The van der Waals surface area contributed by atoms with Gasteiger partial charge in [-0.15, -0.1) is 0 Å². The zero-order chi connectivity index (χ0) is 19.8. The third kappa shape index (κ3) is 6.47. The number of benzene rings is 2. The molecule has 1 heterocycles. The number of morpholine rings is 1. The smallest absolute Gasteiger partial charge is 0.319 e. The average molecular weight is 407 g/mol. The molecule has 2 aromatic carbocycles. The summed E-state index contributed by atoms with van der Waals surface area (Å²) in [5, 5.41) is 5.40. The lowest BCUT2D eigenvalue weighted by Crippen LogP contribution is -2.47. The van der Waals surface area contributed by atoms with Crippen molar-refractivity contribution in [1.82, 2.24) is 10.2 Å². The Hall–Kier alpha value is -2.16. The van der Waals surface area contributed by atoms with E-state index in [1.165, 1.54) is 5.56 Å². The number of halogens is 2. The quantitative estimate of drug-likeness (QED) is 0.681. The van der Waals surface area contributed by atoms with Gasteiger partial charge in [-0.25, -0.2) is 4.79 Å². The highest BCUT2D eigenvalue weighted by Gasteiger charge is 2.21. The van der Waals surface area contributed by atoms with Gasteiger partial charge in [0.05, 0.1) is 18.4 Å². The van der Waals surface area contributed by atoms with Crippen molar-refractivity contribution in [1.29, 1.82) is 0 Å². The number of para-hydroxylation sites is 1. The van der Waals surface area contributed by atoms with E-state index in [1.54, 1.807) is 24.3 Å². The zero-order valence-corrected chi connectivity index (χ0v) is 16.1. The van der Waals surface area contributed by atoms with Gasteiger partial charge in [0.25, 0.3) is 5.76 Å². The number of amides is 2. The molecule has 0 bridgehead atoms. The summed E-state index contributed by atoms with van der Waals surface area (Å²) in [5.41, 5.74) is 1.60. The molecule has 0 spiro atoms. The molecular formula is C20H23F2N3O2S. The molecule has 1 atom stereocenters. The molecule has 1 saturated heterocycles. The van der Waals surface area contributed by atoms with Gasteiger partial charge < -0.3 is 15.4 Å². The Morgan fingerprint density at radius 3 is 2.71 bits per heavy atom. The lowest BCUT2D eigenvalue weighted by Gasteiger charge is -2.33.